The molecule has 0 aliphatic rings. The van der Waals surface area contributed by atoms with Gasteiger partial charge in [0.15, 0.2) is 0 Å². The molecule has 0 fully saturated rings. The van der Waals surface area contributed by atoms with Gasteiger partial charge in [0.1, 0.15) is 0 Å². The number of esters is 1. The molecule has 15 heavy (non-hydrogen) atoms. The number of carbonyl (C=O) groups excluding carboxylic acids is 1. The maximum atomic E-state index is 10.8. The normalized spacial score (nSPS) is 10.2. The zero-order valence-electron chi connectivity index (χ0n) is 7.85. The van der Waals surface area contributed by atoms with Crippen molar-refractivity contribution in [2.45, 2.75) is 0 Å². The molecule has 0 unspecified atom stereocenters. The third-order valence-corrected chi connectivity index (χ3v) is 1.40. The molecule has 0 spiro atoms. The summed E-state index contributed by atoms with van der Waals surface area (Å²) in [5.41, 5.74) is -0.0801. The zero-order chi connectivity index (χ0) is 11.3. The quantitative estimate of drug-likeness (QED) is 0.305. The van der Waals surface area contributed by atoms with Gasteiger partial charge in [0.2, 0.25) is 5.56 Å². The lowest BCUT2D eigenvalue weighted by atomic mass is 10.4. The number of nitrogens with one attached hydrogen (secondary N) is 2. The van der Waals surface area contributed by atoms with Gasteiger partial charge >= 0.3 is 5.97 Å². The summed E-state index contributed by atoms with van der Waals surface area (Å²) in [6, 6.07) is 2.67. The number of pyridine rings is 1. The number of H-pyrrole nitrogens is 1. The Morgan fingerprint density at radius 2 is 2.33 bits per heavy atom. The van der Waals surface area contributed by atoms with Gasteiger partial charge in [-0.3, -0.25) is 10.2 Å². The van der Waals surface area contributed by atoms with Crippen LogP contribution in [-0.2, 0) is 9.53 Å². The van der Waals surface area contributed by atoms with Gasteiger partial charge in [-0.2, -0.15) is 0 Å². The second-order valence-corrected chi connectivity index (χ2v) is 2.45. The summed E-state index contributed by atoms with van der Waals surface area (Å²) in [4.78, 5) is 23.9. The molecule has 1 aromatic heterocycles. The molecule has 2 N–H and O–H groups in total. The van der Waals surface area contributed by atoms with E-state index in [0.717, 1.165) is 7.11 Å². The first-order valence-corrected chi connectivity index (χ1v) is 3.91. The topological polar surface area (TPSA) is 108 Å². The molecule has 7 nitrogen and oxygen atoms in total. The molecule has 0 bridgehead atoms. The molecule has 0 saturated heterocycles. The summed E-state index contributed by atoms with van der Waals surface area (Å²) in [5, 5.41) is 13.9. The average Bonchev–Trinajstić information content (AvgIpc) is 2.25. The highest BCUT2D eigenvalue weighted by Crippen LogP contribution is 2.06. The summed E-state index contributed by atoms with van der Waals surface area (Å²) in [6.07, 6.45) is 1.39. The Hall–Kier alpha value is -2.31. The van der Waals surface area contributed by atoms with E-state index in [4.69, 9.17) is 5.41 Å². The Kier molecular flexibility index (Phi) is 3.44. The van der Waals surface area contributed by atoms with Crippen LogP contribution in [0, 0.1) is 5.41 Å². The van der Waals surface area contributed by atoms with Crippen molar-refractivity contribution < 1.29 is 9.53 Å². The van der Waals surface area contributed by atoms with Crippen LogP contribution >= 0.6 is 0 Å². The highest BCUT2D eigenvalue weighted by Gasteiger charge is 2.06. The first kappa shape index (κ1) is 10.8. The molecular formula is C8H8N4O3. The number of aromatic amines is 1. The van der Waals surface area contributed by atoms with E-state index in [9.17, 15) is 9.59 Å². The second kappa shape index (κ2) is 4.80. The maximum Gasteiger partial charge on any atom is 0.377 e. The number of nitrogens with zero attached hydrogens (tertiary/aromatic N) is 2. The first-order valence-electron chi connectivity index (χ1n) is 3.91. The number of hydrogen-bond donors (Lipinski definition) is 2. The number of hydrogen-bond acceptors (Lipinski definition) is 5. The fraction of sp³-hybridized carbons (Fsp3) is 0.125. The average molecular weight is 208 g/mol. The zero-order valence-corrected chi connectivity index (χ0v) is 7.85. The van der Waals surface area contributed by atoms with E-state index in [1.165, 1.54) is 18.3 Å². The van der Waals surface area contributed by atoms with Gasteiger partial charge in [0.05, 0.1) is 12.8 Å². The Labute approximate surface area is 84.3 Å². The molecule has 1 rings (SSSR count). The van der Waals surface area contributed by atoms with Crippen LogP contribution in [0.3, 0.4) is 0 Å². The van der Waals surface area contributed by atoms with Crippen molar-refractivity contribution in [3.05, 3.63) is 28.7 Å². The molecule has 1 heterocycles. The fourth-order valence-corrected chi connectivity index (χ4v) is 0.741. The molecule has 0 aliphatic heterocycles. The minimum atomic E-state index is -0.886. The Morgan fingerprint density at radius 1 is 1.60 bits per heavy atom. The van der Waals surface area contributed by atoms with Gasteiger partial charge in [-0.25, -0.2) is 4.79 Å². The van der Waals surface area contributed by atoms with Crippen LogP contribution in [0.25, 0.3) is 0 Å². The summed E-state index contributed by atoms with van der Waals surface area (Å²) < 4.78 is 4.24. The van der Waals surface area contributed by atoms with Crippen LogP contribution in [0.1, 0.15) is 0 Å². The number of amidine groups is 1. The number of carbonyl (C=O) groups is 1. The van der Waals surface area contributed by atoms with E-state index in [2.05, 4.69) is 19.9 Å². The molecule has 7 heteroatoms. The van der Waals surface area contributed by atoms with Gasteiger partial charge in [0, 0.05) is 12.3 Å². The SMILES string of the molecule is COC(=O)C(=N)N=Nc1cc[nH]c(=O)c1. The highest BCUT2D eigenvalue weighted by molar-refractivity contribution is 6.34. The van der Waals surface area contributed by atoms with Crippen molar-refractivity contribution >= 4 is 17.5 Å². The molecule has 0 saturated carbocycles. The summed E-state index contributed by atoms with van der Waals surface area (Å²) in [5.74, 6) is -1.51. The van der Waals surface area contributed by atoms with Crippen LogP contribution in [0.15, 0.2) is 33.4 Å². The van der Waals surface area contributed by atoms with Gasteiger partial charge in [-0.05, 0) is 6.07 Å². The highest BCUT2D eigenvalue weighted by atomic mass is 16.5. The molecule has 0 amide bonds. The van der Waals surface area contributed by atoms with E-state index in [1.807, 2.05) is 0 Å². The lowest BCUT2D eigenvalue weighted by molar-refractivity contribution is -0.132. The lowest BCUT2D eigenvalue weighted by Gasteiger charge is -1.93. The second-order valence-electron chi connectivity index (χ2n) is 2.45. The molecular weight excluding hydrogens is 200 g/mol. The van der Waals surface area contributed by atoms with Crippen LogP contribution in [0.2, 0.25) is 0 Å². The molecule has 0 aromatic carbocycles. The predicted octanol–water partition coefficient (Wildman–Crippen LogP) is 0.609. The number of azo groups is 1. The van der Waals surface area contributed by atoms with Crippen molar-refractivity contribution in [3.8, 4) is 0 Å². The van der Waals surface area contributed by atoms with Gasteiger partial charge in [-0.15, -0.1) is 10.2 Å². The minimum absolute atomic E-state index is 0.257. The maximum absolute atomic E-state index is 10.8. The van der Waals surface area contributed by atoms with Gasteiger partial charge in [0.25, 0.3) is 5.84 Å². The van der Waals surface area contributed by atoms with E-state index < -0.39 is 11.8 Å². The lowest BCUT2D eigenvalue weighted by Crippen LogP contribution is -2.11. The number of ether oxygens (including phenoxy) is 1. The van der Waals surface area contributed by atoms with E-state index in [1.54, 1.807) is 0 Å². The third-order valence-electron chi connectivity index (χ3n) is 1.40. The number of methoxy groups -OCH3 is 1. The minimum Gasteiger partial charge on any atom is -0.463 e. The Bertz CT molecular complexity index is 463. The Morgan fingerprint density at radius 3 is 2.93 bits per heavy atom. The van der Waals surface area contributed by atoms with E-state index in [0.29, 0.717) is 0 Å². The Balaban J connectivity index is 2.78. The smallest absolute Gasteiger partial charge is 0.377 e. The van der Waals surface area contributed by atoms with Crippen molar-refractivity contribution in [3.63, 3.8) is 0 Å². The standard InChI is InChI=1S/C8H8N4O3/c1-15-8(14)7(9)12-11-5-2-3-10-6(13)4-5/h2-4,9H,1H3,(H,10,13). The van der Waals surface area contributed by atoms with E-state index in [-0.39, 0.29) is 11.2 Å². The number of aromatic nitrogens is 1. The molecule has 0 atom stereocenters. The molecule has 1 aromatic rings. The van der Waals surface area contributed by atoms with Crippen LogP contribution in [-0.4, -0.2) is 23.9 Å². The molecule has 78 valence electrons. The van der Waals surface area contributed by atoms with Gasteiger partial charge in [-0.1, -0.05) is 0 Å². The monoisotopic (exact) mass is 208 g/mol. The van der Waals surface area contributed by atoms with Crippen LogP contribution < -0.4 is 5.56 Å². The van der Waals surface area contributed by atoms with Crippen LogP contribution in [0.5, 0.6) is 0 Å². The summed E-state index contributed by atoms with van der Waals surface area (Å²) in [6.45, 7) is 0. The fourth-order valence-electron chi connectivity index (χ4n) is 0.741. The summed E-state index contributed by atoms with van der Waals surface area (Å²) >= 11 is 0. The van der Waals surface area contributed by atoms with Crippen LogP contribution in [0.4, 0.5) is 5.69 Å². The van der Waals surface area contributed by atoms with Crippen molar-refractivity contribution in [2.75, 3.05) is 7.11 Å². The third kappa shape index (κ3) is 3.14. The number of rotatable bonds is 1. The van der Waals surface area contributed by atoms with Crippen molar-refractivity contribution in [2.24, 2.45) is 10.2 Å². The predicted molar refractivity (Wildman–Crippen MR) is 51.3 cm³/mol. The largest absolute Gasteiger partial charge is 0.463 e. The summed E-state index contributed by atoms with van der Waals surface area (Å²) in [7, 11) is 1.14. The van der Waals surface area contributed by atoms with E-state index >= 15 is 0 Å². The van der Waals surface area contributed by atoms with Crippen molar-refractivity contribution in [1.29, 1.82) is 5.41 Å². The molecule has 0 radical (unpaired) electrons. The first-order chi connectivity index (χ1) is 7.13. The van der Waals surface area contributed by atoms with Gasteiger partial charge < -0.3 is 9.72 Å². The van der Waals surface area contributed by atoms with Crippen molar-refractivity contribution in [1.82, 2.24) is 4.98 Å². The molecule has 0 aliphatic carbocycles.